The summed E-state index contributed by atoms with van der Waals surface area (Å²) in [5.74, 6) is 2.23. The fraction of sp³-hybridized carbons (Fsp3) is 0.238. The molecule has 3 N–H and O–H groups in total. The highest BCUT2D eigenvalue weighted by molar-refractivity contribution is 5.86. The first kappa shape index (κ1) is 16.1. The van der Waals surface area contributed by atoms with E-state index in [1.54, 1.807) is 0 Å². The van der Waals surface area contributed by atoms with Crippen molar-refractivity contribution < 1.29 is 0 Å². The molecule has 1 aliphatic carbocycles. The molecule has 3 heterocycles. The van der Waals surface area contributed by atoms with Gasteiger partial charge in [0.2, 0.25) is 0 Å². The van der Waals surface area contributed by atoms with Gasteiger partial charge in [-0.25, -0.2) is 15.0 Å². The molecule has 0 amide bonds. The molecule has 27 heavy (non-hydrogen) atoms. The summed E-state index contributed by atoms with van der Waals surface area (Å²) in [4.78, 5) is 13.2. The fourth-order valence-electron chi connectivity index (χ4n) is 3.41. The molecule has 1 fully saturated rings. The van der Waals surface area contributed by atoms with Crippen LogP contribution in [0.5, 0.6) is 0 Å². The van der Waals surface area contributed by atoms with Gasteiger partial charge in [-0.2, -0.15) is 0 Å². The average Bonchev–Trinajstić information content (AvgIpc) is 3.42. The van der Waals surface area contributed by atoms with Crippen molar-refractivity contribution in [1.29, 1.82) is 0 Å². The fourth-order valence-corrected chi connectivity index (χ4v) is 3.41. The molecule has 1 unspecified atom stereocenters. The number of aromatic nitrogens is 4. The lowest BCUT2D eigenvalue weighted by atomic mass is 10.1. The van der Waals surface area contributed by atoms with E-state index in [0.29, 0.717) is 5.82 Å². The zero-order valence-corrected chi connectivity index (χ0v) is 15.0. The second-order valence-corrected chi connectivity index (χ2v) is 7.21. The van der Waals surface area contributed by atoms with Crippen LogP contribution in [-0.2, 0) is 0 Å². The molecule has 3 aromatic heterocycles. The van der Waals surface area contributed by atoms with Gasteiger partial charge in [0.1, 0.15) is 23.6 Å². The van der Waals surface area contributed by atoms with Gasteiger partial charge in [-0.15, -0.1) is 0 Å². The number of benzene rings is 1. The molecular weight excluding hydrogens is 336 g/mol. The molecule has 1 radical (unpaired) electrons. The summed E-state index contributed by atoms with van der Waals surface area (Å²) in [5.41, 5.74) is 8.78. The lowest BCUT2D eigenvalue weighted by Crippen LogP contribution is -2.07. The average molecular weight is 357 g/mol. The molecule has 1 aliphatic rings. The van der Waals surface area contributed by atoms with Crippen LogP contribution in [0, 0.1) is 12.8 Å². The highest BCUT2D eigenvalue weighted by Gasteiger charge is 2.20. The molecule has 1 atom stereocenters. The smallest absolute Gasteiger partial charge is 0.146 e. The Morgan fingerprint density at radius 2 is 2.04 bits per heavy atom. The second-order valence-electron chi connectivity index (χ2n) is 7.21. The minimum Gasteiger partial charge on any atom is -0.383 e. The summed E-state index contributed by atoms with van der Waals surface area (Å²) in [5, 5.41) is 5.40. The summed E-state index contributed by atoms with van der Waals surface area (Å²) < 4.78 is 2.02. The molecule has 4 aromatic rings. The van der Waals surface area contributed by atoms with Crippen molar-refractivity contribution >= 4 is 33.6 Å². The first-order chi connectivity index (χ1) is 13.2. The number of rotatable bonds is 5. The van der Waals surface area contributed by atoms with Gasteiger partial charge in [0.15, 0.2) is 0 Å². The Hall–Kier alpha value is -3.15. The normalized spacial score (nSPS) is 15.3. The summed E-state index contributed by atoms with van der Waals surface area (Å²) in [6.45, 7) is 5.35. The van der Waals surface area contributed by atoms with Crippen LogP contribution in [0.3, 0.4) is 0 Å². The van der Waals surface area contributed by atoms with E-state index < -0.39 is 0 Å². The summed E-state index contributed by atoms with van der Waals surface area (Å²) in [6, 6.07) is 12.2. The van der Waals surface area contributed by atoms with Crippen LogP contribution >= 0.6 is 0 Å². The number of nitrogens with one attached hydrogen (secondary N) is 1. The third kappa shape index (κ3) is 2.97. The lowest BCUT2D eigenvalue weighted by Gasteiger charge is -2.16. The third-order valence-electron chi connectivity index (χ3n) is 5.25. The second kappa shape index (κ2) is 6.23. The van der Waals surface area contributed by atoms with E-state index >= 15 is 0 Å². The Morgan fingerprint density at radius 1 is 1.19 bits per heavy atom. The van der Waals surface area contributed by atoms with E-state index in [1.165, 1.54) is 19.2 Å². The van der Waals surface area contributed by atoms with Gasteiger partial charge in [-0.05, 0) is 55.5 Å². The number of pyridine rings is 1. The van der Waals surface area contributed by atoms with Crippen molar-refractivity contribution in [3.05, 3.63) is 61.4 Å². The van der Waals surface area contributed by atoms with Crippen LogP contribution in [0.15, 0.2) is 48.9 Å². The number of nitrogens with zero attached hydrogens (tertiary/aromatic N) is 4. The molecule has 135 valence electrons. The van der Waals surface area contributed by atoms with Gasteiger partial charge in [-0.1, -0.05) is 12.1 Å². The number of nitrogens with two attached hydrogens (primary N) is 1. The predicted molar refractivity (Wildman–Crippen MR) is 108 cm³/mol. The third-order valence-corrected chi connectivity index (χ3v) is 5.25. The number of hydrogen-bond donors (Lipinski definition) is 2. The molecule has 0 spiro atoms. The van der Waals surface area contributed by atoms with E-state index in [2.05, 4.69) is 46.5 Å². The number of fused-ring (bicyclic) bond motifs is 2. The monoisotopic (exact) mass is 357 g/mol. The quantitative estimate of drug-likeness (QED) is 0.568. The largest absolute Gasteiger partial charge is 0.383 e. The zero-order chi connectivity index (χ0) is 18.4. The molecule has 1 aromatic carbocycles. The highest BCUT2D eigenvalue weighted by Crippen LogP contribution is 2.30. The van der Waals surface area contributed by atoms with E-state index in [-0.39, 0.29) is 6.04 Å². The molecule has 6 heteroatoms. The molecule has 5 rings (SSSR count). The maximum Gasteiger partial charge on any atom is 0.146 e. The Bertz CT molecular complexity index is 1130. The molecule has 0 aliphatic heterocycles. The van der Waals surface area contributed by atoms with E-state index in [1.807, 2.05) is 22.9 Å². The molecule has 1 saturated carbocycles. The summed E-state index contributed by atoms with van der Waals surface area (Å²) in [6.07, 6.45) is 6.10. The van der Waals surface area contributed by atoms with Crippen LogP contribution < -0.4 is 11.1 Å². The van der Waals surface area contributed by atoms with E-state index in [4.69, 9.17) is 10.7 Å². The maximum atomic E-state index is 5.95. The van der Waals surface area contributed by atoms with Crippen molar-refractivity contribution in [1.82, 2.24) is 19.5 Å². The molecule has 0 saturated heterocycles. The van der Waals surface area contributed by atoms with Crippen LogP contribution in [0.25, 0.3) is 21.9 Å². The predicted octanol–water partition coefficient (Wildman–Crippen LogP) is 3.81. The van der Waals surface area contributed by atoms with Gasteiger partial charge in [-0.3, -0.25) is 0 Å². The van der Waals surface area contributed by atoms with Crippen molar-refractivity contribution in [2.75, 3.05) is 17.6 Å². The van der Waals surface area contributed by atoms with Crippen molar-refractivity contribution in [3.63, 3.8) is 0 Å². The van der Waals surface area contributed by atoms with Crippen molar-refractivity contribution in [2.45, 2.75) is 18.9 Å². The zero-order valence-electron chi connectivity index (χ0n) is 15.0. The van der Waals surface area contributed by atoms with E-state index in [9.17, 15) is 0 Å². The van der Waals surface area contributed by atoms with Crippen LogP contribution in [0.4, 0.5) is 11.6 Å². The number of anilines is 2. The van der Waals surface area contributed by atoms with Gasteiger partial charge in [0, 0.05) is 18.1 Å². The first-order valence-electron chi connectivity index (χ1n) is 9.24. The number of hydrogen-bond acceptors (Lipinski definition) is 5. The standard InChI is InChI=1S/C21H21N6/c1-13(27-9-8-17-20(22)24-12-25-21(17)27)16-5-4-15-6-7-19(26-18(15)10-16)23-11-14-2-3-14/h4-10,12-14H,1-3,11H2,(H,23,26)(H2,22,24,25). The Balaban J connectivity index is 1.49. The topological polar surface area (TPSA) is 81.7 Å². The maximum absolute atomic E-state index is 5.95. The van der Waals surface area contributed by atoms with Gasteiger partial charge < -0.3 is 15.6 Å². The first-order valence-corrected chi connectivity index (χ1v) is 9.24. The van der Waals surface area contributed by atoms with Crippen LogP contribution in [0.1, 0.15) is 24.4 Å². The van der Waals surface area contributed by atoms with Crippen molar-refractivity contribution in [2.24, 2.45) is 5.92 Å². The Kier molecular flexibility index (Phi) is 3.70. The Labute approximate surface area is 157 Å². The minimum atomic E-state index is -0.133. The van der Waals surface area contributed by atoms with Crippen LogP contribution in [-0.4, -0.2) is 26.1 Å². The van der Waals surface area contributed by atoms with Crippen LogP contribution in [0.2, 0.25) is 0 Å². The summed E-state index contributed by atoms with van der Waals surface area (Å²) in [7, 11) is 0. The van der Waals surface area contributed by atoms with Crippen molar-refractivity contribution in [3.8, 4) is 0 Å². The SMILES string of the molecule is [CH2]C(c1ccc2ccc(NCC3CC3)nc2c1)n1ccc2c(N)ncnc21. The van der Waals surface area contributed by atoms with Gasteiger partial charge >= 0.3 is 0 Å². The number of nitrogen functional groups attached to an aromatic ring is 1. The molecular formula is C21H21N6. The molecule has 0 bridgehead atoms. The summed E-state index contributed by atoms with van der Waals surface area (Å²) >= 11 is 0. The van der Waals surface area contributed by atoms with E-state index in [0.717, 1.165) is 45.8 Å². The van der Waals surface area contributed by atoms with Gasteiger partial charge in [0.25, 0.3) is 0 Å². The molecule has 6 nitrogen and oxygen atoms in total. The van der Waals surface area contributed by atoms with Gasteiger partial charge in [0.05, 0.1) is 16.9 Å². The Morgan fingerprint density at radius 3 is 2.89 bits per heavy atom. The minimum absolute atomic E-state index is 0.133. The lowest BCUT2D eigenvalue weighted by molar-refractivity contribution is 0.718. The highest BCUT2D eigenvalue weighted by atomic mass is 15.1.